The number of pyridine rings is 1. The van der Waals surface area contributed by atoms with Gasteiger partial charge in [-0.05, 0) is 24.1 Å². The predicted octanol–water partition coefficient (Wildman–Crippen LogP) is 2.52. The van der Waals surface area contributed by atoms with E-state index < -0.39 is 0 Å². The van der Waals surface area contributed by atoms with Gasteiger partial charge in [-0.25, -0.2) is 0 Å². The van der Waals surface area contributed by atoms with Gasteiger partial charge in [0.15, 0.2) is 0 Å². The highest BCUT2D eigenvalue weighted by Gasteiger charge is 2.13. The number of ether oxygens (including phenoxy) is 1. The fourth-order valence-electron chi connectivity index (χ4n) is 2.91. The summed E-state index contributed by atoms with van der Waals surface area (Å²) in [5.74, 6) is 0.555. The molecule has 0 unspecified atom stereocenters. The number of hydrogen-bond donors (Lipinski definition) is 1. The molecule has 0 bridgehead atoms. The van der Waals surface area contributed by atoms with Crippen molar-refractivity contribution in [1.82, 2.24) is 9.88 Å². The van der Waals surface area contributed by atoms with Gasteiger partial charge in [0.2, 0.25) is 0 Å². The number of amides is 1. The number of methoxy groups -OCH3 is 1. The Labute approximate surface area is 145 Å². The van der Waals surface area contributed by atoms with Crippen molar-refractivity contribution in [3.63, 3.8) is 0 Å². The van der Waals surface area contributed by atoms with Crippen molar-refractivity contribution in [3.05, 3.63) is 76.1 Å². The molecule has 0 saturated carbocycles. The average Bonchev–Trinajstić information content (AvgIpc) is 2.65. The smallest absolute Gasteiger partial charge is 0.252 e. The molecule has 3 aromatic rings. The first-order valence-corrected chi connectivity index (χ1v) is 8.10. The van der Waals surface area contributed by atoms with Gasteiger partial charge in [0.1, 0.15) is 5.75 Å². The molecule has 128 valence electrons. The number of rotatable bonds is 5. The van der Waals surface area contributed by atoms with Crippen molar-refractivity contribution in [2.45, 2.75) is 6.42 Å². The van der Waals surface area contributed by atoms with Gasteiger partial charge in [0.05, 0.1) is 18.2 Å². The van der Waals surface area contributed by atoms with Crippen molar-refractivity contribution in [2.75, 3.05) is 13.7 Å². The first-order valence-electron chi connectivity index (χ1n) is 8.10. The summed E-state index contributed by atoms with van der Waals surface area (Å²) in [5, 5.41) is 3.66. The molecule has 5 nitrogen and oxygen atoms in total. The van der Waals surface area contributed by atoms with E-state index in [0.29, 0.717) is 18.5 Å². The van der Waals surface area contributed by atoms with Crippen LogP contribution in [0.15, 0.2) is 59.4 Å². The van der Waals surface area contributed by atoms with Crippen LogP contribution in [0, 0.1) is 0 Å². The standard InChI is InChI=1S/C20H20N2O3/c1-22-17-9-5-4-8-15(17)16(13-19(22)23)20(24)21-12-11-14-7-3-6-10-18(14)25-2/h3-10,13H,11-12H2,1-2H3,(H,21,24). The molecular weight excluding hydrogens is 316 g/mol. The summed E-state index contributed by atoms with van der Waals surface area (Å²) >= 11 is 0. The third-order valence-electron chi connectivity index (χ3n) is 4.27. The lowest BCUT2D eigenvalue weighted by atomic mass is 10.1. The molecule has 1 aromatic heterocycles. The summed E-state index contributed by atoms with van der Waals surface area (Å²) in [6, 6.07) is 16.5. The number of nitrogens with one attached hydrogen (secondary N) is 1. The number of hydrogen-bond acceptors (Lipinski definition) is 3. The van der Waals surface area contributed by atoms with Gasteiger partial charge in [-0.3, -0.25) is 9.59 Å². The Morgan fingerprint density at radius 1 is 1.12 bits per heavy atom. The number of fused-ring (bicyclic) bond motifs is 1. The number of carbonyl (C=O) groups excluding carboxylic acids is 1. The van der Waals surface area contributed by atoms with E-state index in [1.165, 1.54) is 6.07 Å². The summed E-state index contributed by atoms with van der Waals surface area (Å²) in [7, 11) is 3.33. The van der Waals surface area contributed by atoms with Crippen molar-refractivity contribution >= 4 is 16.8 Å². The van der Waals surface area contributed by atoms with Gasteiger partial charge in [-0.15, -0.1) is 0 Å². The Kier molecular flexibility index (Phi) is 4.84. The van der Waals surface area contributed by atoms with Crippen molar-refractivity contribution in [2.24, 2.45) is 7.05 Å². The first kappa shape index (κ1) is 16.8. The zero-order chi connectivity index (χ0) is 17.8. The summed E-state index contributed by atoms with van der Waals surface area (Å²) in [4.78, 5) is 24.7. The molecule has 0 aliphatic carbocycles. The van der Waals surface area contributed by atoms with Gasteiger partial charge < -0.3 is 14.6 Å². The van der Waals surface area contributed by atoms with Crippen LogP contribution in [0.2, 0.25) is 0 Å². The second-order valence-electron chi connectivity index (χ2n) is 5.79. The van der Waals surface area contributed by atoms with Crippen LogP contribution in [0.25, 0.3) is 10.9 Å². The molecule has 1 heterocycles. The molecule has 0 spiro atoms. The van der Waals surface area contributed by atoms with Crippen molar-refractivity contribution in [3.8, 4) is 5.75 Å². The van der Waals surface area contributed by atoms with Gasteiger partial charge >= 0.3 is 0 Å². The topological polar surface area (TPSA) is 60.3 Å². The van der Waals surface area contributed by atoms with E-state index in [1.54, 1.807) is 18.7 Å². The highest BCUT2D eigenvalue weighted by molar-refractivity contribution is 6.06. The van der Waals surface area contributed by atoms with Gasteiger partial charge in [0, 0.05) is 25.0 Å². The zero-order valence-electron chi connectivity index (χ0n) is 14.3. The third-order valence-corrected chi connectivity index (χ3v) is 4.27. The van der Waals surface area contributed by atoms with E-state index in [-0.39, 0.29) is 11.5 Å². The number of carbonyl (C=O) groups is 1. The minimum absolute atomic E-state index is 0.200. The molecule has 5 heteroatoms. The fraction of sp³-hybridized carbons (Fsp3) is 0.200. The lowest BCUT2D eigenvalue weighted by Crippen LogP contribution is -2.28. The maximum atomic E-state index is 12.6. The molecule has 0 fully saturated rings. The summed E-state index contributed by atoms with van der Waals surface area (Å²) in [6.07, 6.45) is 0.651. The van der Waals surface area contributed by atoms with Crippen LogP contribution in [-0.4, -0.2) is 24.1 Å². The lowest BCUT2D eigenvalue weighted by Gasteiger charge is -2.11. The molecule has 0 aliphatic rings. The van der Waals surface area contributed by atoms with Crippen molar-refractivity contribution in [1.29, 1.82) is 0 Å². The number of para-hydroxylation sites is 2. The first-order chi connectivity index (χ1) is 12.1. The van der Waals surface area contributed by atoms with Crippen LogP contribution >= 0.6 is 0 Å². The monoisotopic (exact) mass is 336 g/mol. The summed E-state index contributed by atoms with van der Waals surface area (Å²) < 4.78 is 6.86. The van der Waals surface area contributed by atoms with Gasteiger partial charge in [0.25, 0.3) is 11.5 Å². The molecular formula is C20H20N2O3. The number of benzene rings is 2. The van der Waals surface area contributed by atoms with E-state index >= 15 is 0 Å². The second kappa shape index (κ2) is 7.21. The Hall–Kier alpha value is -3.08. The van der Waals surface area contributed by atoms with Crippen LogP contribution in [0.4, 0.5) is 0 Å². The molecule has 0 saturated heterocycles. The fourth-order valence-corrected chi connectivity index (χ4v) is 2.91. The second-order valence-corrected chi connectivity index (χ2v) is 5.79. The minimum atomic E-state index is -0.246. The third kappa shape index (κ3) is 3.40. The highest BCUT2D eigenvalue weighted by Crippen LogP contribution is 2.18. The predicted molar refractivity (Wildman–Crippen MR) is 98.2 cm³/mol. The molecule has 25 heavy (non-hydrogen) atoms. The summed E-state index contributed by atoms with van der Waals surface area (Å²) in [5.41, 5.74) is 1.97. The summed E-state index contributed by atoms with van der Waals surface area (Å²) in [6.45, 7) is 0.461. The number of aromatic nitrogens is 1. The Bertz CT molecular complexity index is 976. The molecule has 0 aliphatic heterocycles. The van der Waals surface area contributed by atoms with Crippen LogP contribution < -0.4 is 15.6 Å². The molecule has 1 N–H and O–H groups in total. The maximum Gasteiger partial charge on any atom is 0.252 e. The molecule has 0 radical (unpaired) electrons. The van der Waals surface area contributed by atoms with Crippen LogP contribution in [0.5, 0.6) is 5.75 Å². The lowest BCUT2D eigenvalue weighted by molar-refractivity contribution is 0.0955. The molecule has 2 aromatic carbocycles. The zero-order valence-corrected chi connectivity index (χ0v) is 14.3. The van der Waals surface area contributed by atoms with Gasteiger partial charge in [-0.1, -0.05) is 36.4 Å². The average molecular weight is 336 g/mol. The SMILES string of the molecule is COc1ccccc1CCNC(=O)c1cc(=O)n(C)c2ccccc12. The largest absolute Gasteiger partial charge is 0.496 e. The Balaban J connectivity index is 1.79. The molecule has 1 amide bonds. The van der Waals surface area contributed by atoms with E-state index in [4.69, 9.17) is 4.74 Å². The number of nitrogens with zero attached hydrogens (tertiary/aromatic N) is 1. The van der Waals surface area contributed by atoms with E-state index in [2.05, 4.69) is 5.32 Å². The number of aryl methyl sites for hydroxylation is 1. The van der Waals surface area contributed by atoms with Crippen LogP contribution in [0.1, 0.15) is 15.9 Å². The minimum Gasteiger partial charge on any atom is -0.496 e. The highest BCUT2D eigenvalue weighted by atomic mass is 16.5. The van der Waals surface area contributed by atoms with Crippen molar-refractivity contribution < 1.29 is 9.53 Å². The van der Waals surface area contributed by atoms with Crippen LogP contribution in [0.3, 0.4) is 0 Å². The quantitative estimate of drug-likeness (QED) is 0.779. The molecule has 0 atom stereocenters. The maximum absolute atomic E-state index is 12.6. The Morgan fingerprint density at radius 3 is 2.64 bits per heavy atom. The van der Waals surface area contributed by atoms with Gasteiger partial charge in [-0.2, -0.15) is 0 Å². The van der Waals surface area contributed by atoms with E-state index in [0.717, 1.165) is 22.2 Å². The van der Waals surface area contributed by atoms with Crippen LogP contribution in [-0.2, 0) is 13.5 Å². The molecule has 3 rings (SSSR count). The van der Waals surface area contributed by atoms with E-state index in [9.17, 15) is 9.59 Å². The van der Waals surface area contributed by atoms with E-state index in [1.807, 2.05) is 48.5 Å². The normalized spacial score (nSPS) is 10.6. The Morgan fingerprint density at radius 2 is 1.84 bits per heavy atom.